The summed E-state index contributed by atoms with van der Waals surface area (Å²) < 4.78 is 28.3. The quantitative estimate of drug-likeness (QED) is 0.172. The van der Waals surface area contributed by atoms with Crippen LogP contribution in [0.5, 0.6) is 11.5 Å². The van der Waals surface area contributed by atoms with Gasteiger partial charge < -0.3 is 26.3 Å². The fourth-order valence-electron chi connectivity index (χ4n) is 4.57. The summed E-state index contributed by atoms with van der Waals surface area (Å²) >= 11 is 0. The lowest BCUT2D eigenvalue weighted by Gasteiger charge is -2.25. The minimum absolute atomic E-state index is 0.0764. The summed E-state index contributed by atoms with van der Waals surface area (Å²) in [5, 5.41) is 15.3. The number of aromatic nitrogens is 3. The molecule has 1 amide bonds. The van der Waals surface area contributed by atoms with E-state index in [9.17, 15) is 9.59 Å². The van der Waals surface area contributed by atoms with Gasteiger partial charge in [0.2, 0.25) is 0 Å². The molecule has 39 heavy (non-hydrogen) atoms. The first-order chi connectivity index (χ1) is 18.8. The third-order valence-electron chi connectivity index (χ3n) is 6.46. The Bertz CT molecular complexity index is 1630. The van der Waals surface area contributed by atoms with Crippen LogP contribution in [0.1, 0.15) is 45.3 Å². The number of H-pyrrole nitrogens is 1. The van der Waals surface area contributed by atoms with Crippen molar-refractivity contribution in [2.24, 2.45) is 11.5 Å². The summed E-state index contributed by atoms with van der Waals surface area (Å²) in [5.74, 6) is -0.569. The third kappa shape index (κ3) is 4.79. The monoisotopic (exact) mass is 531 g/mol. The molecule has 12 heteroatoms. The van der Waals surface area contributed by atoms with Crippen molar-refractivity contribution in [3.8, 4) is 17.2 Å². The molecule has 0 fully saturated rings. The van der Waals surface area contributed by atoms with Crippen molar-refractivity contribution in [3.05, 3.63) is 99.0 Å². The minimum atomic E-state index is -0.996. The van der Waals surface area contributed by atoms with E-state index in [1.807, 2.05) is 0 Å². The number of aromatic amines is 1. The van der Waals surface area contributed by atoms with Crippen molar-refractivity contribution in [3.63, 3.8) is 0 Å². The average Bonchev–Trinajstić information content (AvgIpc) is 3.33. The summed E-state index contributed by atoms with van der Waals surface area (Å²) in [6.45, 7) is 0.448. The molecule has 0 saturated carbocycles. The Labute approximate surface area is 222 Å². The van der Waals surface area contributed by atoms with Gasteiger partial charge in [0.25, 0.3) is 5.91 Å². The highest BCUT2D eigenvalue weighted by molar-refractivity contribution is 5.96. The summed E-state index contributed by atoms with van der Waals surface area (Å²) in [6.07, 6.45) is 1.08. The number of nitrogen functional groups attached to an aromatic ring is 1. The number of nitrogens with one attached hydrogen (secondary N) is 3. The number of anilines is 1. The number of carbonyl (C=O) groups is 1. The van der Waals surface area contributed by atoms with Crippen LogP contribution in [0.15, 0.2) is 59.4 Å². The molecule has 1 aliphatic rings. The Morgan fingerprint density at radius 2 is 1.97 bits per heavy atom. The smallest absolute Gasteiger partial charge is 0.348 e. The fraction of sp³-hybridized carbons (Fsp3) is 0.185. The zero-order chi connectivity index (χ0) is 27.7. The molecule has 0 aliphatic carbocycles. The van der Waals surface area contributed by atoms with Crippen molar-refractivity contribution in [2.45, 2.75) is 18.9 Å². The van der Waals surface area contributed by atoms with Gasteiger partial charge >= 0.3 is 5.69 Å². The van der Waals surface area contributed by atoms with Gasteiger partial charge in [-0.15, -0.1) is 5.10 Å². The van der Waals surface area contributed by atoms with E-state index in [4.69, 9.17) is 26.4 Å². The van der Waals surface area contributed by atoms with Gasteiger partial charge in [-0.2, -0.15) is 4.68 Å². The number of primary amides is 1. The molecule has 1 aliphatic heterocycles. The lowest BCUT2D eigenvalue weighted by molar-refractivity contribution is 0.1000. The summed E-state index contributed by atoms with van der Waals surface area (Å²) in [4.78, 5) is 27.7. The van der Waals surface area contributed by atoms with Gasteiger partial charge in [0, 0.05) is 22.4 Å². The summed E-state index contributed by atoms with van der Waals surface area (Å²) in [6, 6.07) is 13.4. The topological polar surface area (TPSA) is 174 Å². The maximum Gasteiger partial charge on any atom is 0.348 e. The zero-order valence-corrected chi connectivity index (χ0v) is 21.0. The number of hydrogen-bond donors (Lipinski definition) is 5. The number of carbonyl (C=O) groups excluding carboxylic acids is 1. The Balaban J connectivity index is 1.67. The largest absolute Gasteiger partial charge is 0.493 e. The van der Waals surface area contributed by atoms with Gasteiger partial charge in [-0.3, -0.25) is 15.2 Å². The number of halogens is 1. The first-order valence-corrected chi connectivity index (χ1v) is 12.1. The van der Waals surface area contributed by atoms with Crippen molar-refractivity contribution in [2.75, 3.05) is 19.0 Å². The Hall–Kier alpha value is -5.13. The van der Waals surface area contributed by atoms with Crippen molar-refractivity contribution in [1.29, 1.82) is 5.41 Å². The van der Waals surface area contributed by atoms with Crippen LogP contribution >= 0.6 is 0 Å². The van der Waals surface area contributed by atoms with Gasteiger partial charge in [0.15, 0.2) is 17.3 Å². The maximum absolute atomic E-state index is 16.1. The van der Waals surface area contributed by atoms with Gasteiger partial charge in [0.05, 0.1) is 25.0 Å². The first kappa shape index (κ1) is 25.5. The molecule has 1 atom stereocenters. The maximum atomic E-state index is 16.1. The van der Waals surface area contributed by atoms with Gasteiger partial charge in [-0.25, -0.2) is 9.18 Å². The van der Waals surface area contributed by atoms with E-state index < -0.39 is 23.5 Å². The molecule has 7 N–H and O–H groups in total. The molecule has 3 aromatic carbocycles. The number of nitrogens with zero attached hydrogens (tertiary/aromatic N) is 2. The molecule has 4 aromatic rings. The number of para-hydroxylation sites is 1. The number of fused-ring (bicyclic) bond motifs is 1. The van der Waals surface area contributed by atoms with Crippen LogP contribution in [0.2, 0.25) is 0 Å². The van der Waals surface area contributed by atoms with Crippen molar-refractivity contribution in [1.82, 2.24) is 14.8 Å². The van der Waals surface area contributed by atoms with E-state index in [1.165, 1.54) is 25.3 Å². The Morgan fingerprint density at radius 1 is 1.23 bits per heavy atom. The van der Waals surface area contributed by atoms with Crippen molar-refractivity contribution < 1.29 is 18.7 Å². The number of benzene rings is 3. The minimum Gasteiger partial charge on any atom is -0.493 e. The van der Waals surface area contributed by atoms with E-state index in [-0.39, 0.29) is 28.5 Å². The van der Waals surface area contributed by atoms with Crippen LogP contribution in [0.4, 0.5) is 10.1 Å². The van der Waals surface area contributed by atoms with E-state index in [0.29, 0.717) is 47.8 Å². The highest BCUT2D eigenvalue weighted by Crippen LogP contribution is 2.41. The second-order valence-electron chi connectivity index (χ2n) is 8.92. The molecule has 0 radical (unpaired) electrons. The number of hydrogen-bond acceptors (Lipinski definition) is 7. The Morgan fingerprint density at radius 3 is 2.67 bits per heavy atom. The lowest BCUT2D eigenvalue weighted by atomic mass is 9.96. The van der Waals surface area contributed by atoms with E-state index in [2.05, 4.69) is 15.4 Å². The number of methoxy groups -OCH3 is 1. The molecule has 11 nitrogen and oxygen atoms in total. The second-order valence-corrected chi connectivity index (χ2v) is 8.92. The van der Waals surface area contributed by atoms with Crippen LogP contribution in [0, 0.1) is 11.2 Å². The molecule has 200 valence electrons. The van der Waals surface area contributed by atoms with E-state index in [1.54, 1.807) is 36.4 Å². The highest BCUT2D eigenvalue weighted by Gasteiger charge is 2.30. The molecule has 0 spiro atoms. The standard InChI is InChI=1S/C27H26FN7O4/c1-38-20-13-18(21(28)17-6-4-12-39-23(17)20)22(32-15-10-8-14(9-11-15)24(29)30)26-33-27(37)35(34-26)19-7-3-2-5-16(19)25(31)36/h2-3,5,7-11,13,22,32H,4,6,12H2,1H3,(H3,29,30)(H2,31,36)(H,33,34,37). The molecular weight excluding hydrogens is 505 g/mol. The van der Waals surface area contributed by atoms with Crippen LogP contribution < -0.4 is 31.9 Å². The molecule has 1 unspecified atom stereocenters. The first-order valence-electron chi connectivity index (χ1n) is 12.1. The van der Waals surface area contributed by atoms with Crippen LogP contribution in [0.25, 0.3) is 5.69 Å². The molecule has 2 heterocycles. The van der Waals surface area contributed by atoms with Crippen LogP contribution in [-0.4, -0.2) is 40.2 Å². The number of rotatable bonds is 8. The number of amidine groups is 1. The van der Waals surface area contributed by atoms with Crippen molar-refractivity contribution >= 4 is 17.4 Å². The third-order valence-corrected chi connectivity index (χ3v) is 6.46. The van der Waals surface area contributed by atoms with Gasteiger partial charge in [0.1, 0.15) is 17.7 Å². The predicted octanol–water partition coefficient (Wildman–Crippen LogP) is 2.62. The second kappa shape index (κ2) is 10.3. The lowest BCUT2D eigenvalue weighted by Crippen LogP contribution is -2.21. The summed E-state index contributed by atoms with van der Waals surface area (Å²) in [7, 11) is 1.47. The Kier molecular flexibility index (Phi) is 6.75. The molecule has 1 aromatic heterocycles. The predicted molar refractivity (Wildman–Crippen MR) is 142 cm³/mol. The van der Waals surface area contributed by atoms with Gasteiger partial charge in [-0.05, 0) is 55.3 Å². The fourth-order valence-corrected chi connectivity index (χ4v) is 4.57. The van der Waals surface area contributed by atoms with Crippen LogP contribution in [-0.2, 0) is 6.42 Å². The molecule has 5 rings (SSSR count). The van der Waals surface area contributed by atoms with E-state index >= 15 is 4.39 Å². The number of nitrogens with two attached hydrogens (primary N) is 2. The number of ether oxygens (including phenoxy) is 2. The molecule has 0 bridgehead atoms. The zero-order valence-electron chi connectivity index (χ0n) is 21.0. The van der Waals surface area contributed by atoms with Crippen LogP contribution in [0.3, 0.4) is 0 Å². The molecule has 0 saturated heterocycles. The summed E-state index contributed by atoms with van der Waals surface area (Å²) in [5.41, 5.74) is 12.3. The highest BCUT2D eigenvalue weighted by atomic mass is 19.1. The van der Waals surface area contributed by atoms with E-state index in [0.717, 1.165) is 4.68 Å². The van der Waals surface area contributed by atoms with Gasteiger partial charge in [-0.1, -0.05) is 12.1 Å². The normalized spacial score (nSPS) is 13.2. The number of amides is 1. The SMILES string of the molecule is COc1cc(C(Nc2ccc(C(=N)N)cc2)c2nn(-c3ccccc3C(N)=O)c(=O)[nH]2)c(F)c2c1OCCC2. The molecular formula is C27H26FN7O4. The average molecular weight is 532 g/mol.